The lowest BCUT2D eigenvalue weighted by atomic mass is 9.72. The second-order valence-electron chi connectivity index (χ2n) is 7.14. The molecule has 7 heteroatoms. The molecule has 1 aliphatic carbocycles. The number of aliphatic hydroxyl groups excluding tert-OH is 1. The summed E-state index contributed by atoms with van der Waals surface area (Å²) in [5.41, 5.74) is 0.581. The Hall–Kier alpha value is -0.960. The van der Waals surface area contributed by atoms with E-state index in [1.54, 1.807) is 0 Å². The molecule has 0 spiro atoms. The van der Waals surface area contributed by atoms with Gasteiger partial charge in [-0.1, -0.05) is 25.3 Å². The average molecular weight is 495 g/mol. The molecule has 1 aliphatic rings. The quantitative estimate of drug-likeness (QED) is 0.290. The summed E-state index contributed by atoms with van der Waals surface area (Å²) >= 11 is 0. The molecule has 0 aromatic heterocycles. The maximum absolute atomic E-state index is 13.7. The van der Waals surface area contributed by atoms with Crippen LogP contribution in [0.1, 0.15) is 51.0 Å². The van der Waals surface area contributed by atoms with E-state index in [4.69, 9.17) is 4.99 Å². The molecule has 1 aromatic rings. The summed E-state index contributed by atoms with van der Waals surface area (Å²) in [5.74, 6) is -0.369. The van der Waals surface area contributed by atoms with Crippen LogP contribution in [0.2, 0.25) is 0 Å². The van der Waals surface area contributed by atoms with Crippen LogP contribution in [-0.4, -0.2) is 37.3 Å². The molecule has 0 bridgehead atoms. The van der Waals surface area contributed by atoms with Gasteiger partial charge in [0, 0.05) is 32.3 Å². The van der Waals surface area contributed by atoms with Gasteiger partial charge in [0.05, 0.1) is 0 Å². The van der Waals surface area contributed by atoms with E-state index in [2.05, 4.69) is 10.6 Å². The van der Waals surface area contributed by atoms with E-state index in [-0.39, 0.29) is 36.0 Å². The van der Waals surface area contributed by atoms with E-state index < -0.39 is 11.6 Å². The largest absolute Gasteiger partial charge is 0.396 e. The molecule has 1 saturated carbocycles. The van der Waals surface area contributed by atoms with Crippen LogP contribution < -0.4 is 10.6 Å². The zero-order chi connectivity index (χ0) is 18.8. The first kappa shape index (κ1) is 24.1. The van der Waals surface area contributed by atoms with E-state index in [1.165, 1.54) is 31.4 Å². The van der Waals surface area contributed by atoms with E-state index in [0.29, 0.717) is 31.0 Å². The van der Waals surface area contributed by atoms with Crippen molar-refractivity contribution in [3.63, 3.8) is 0 Å². The molecule has 0 unspecified atom stereocenters. The summed E-state index contributed by atoms with van der Waals surface area (Å²) in [6, 6.07) is 3.67. The standard InChI is InChI=1S/C20H31F2N3O.HI/c1-2-23-19(24-12-8-16-6-7-17(21)14-18(16)22)25-15-20(11-13-26)9-4-3-5-10-20;/h6-7,14,26H,2-5,8-13,15H2,1H3,(H2,23,24,25);1H. The molecule has 0 atom stereocenters. The minimum absolute atomic E-state index is 0. The number of rotatable bonds is 8. The highest BCUT2D eigenvalue weighted by Gasteiger charge is 2.31. The van der Waals surface area contributed by atoms with E-state index in [9.17, 15) is 13.9 Å². The van der Waals surface area contributed by atoms with Gasteiger partial charge in [0.25, 0.3) is 0 Å². The molecule has 4 nitrogen and oxygen atoms in total. The smallest absolute Gasteiger partial charge is 0.191 e. The summed E-state index contributed by atoms with van der Waals surface area (Å²) in [7, 11) is 0. The molecule has 1 fully saturated rings. The Morgan fingerprint density at radius 1 is 1.19 bits per heavy atom. The number of aliphatic imine (C=N–C) groups is 1. The van der Waals surface area contributed by atoms with Gasteiger partial charge in [0.15, 0.2) is 5.96 Å². The van der Waals surface area contributed by atoms with Crippen molar-refractivity contribution in [1.82, 2.24) is 10.6 Å². The van der Waals surface area contributed by atoms with E-state index in [0.717, 1.165) is 31.9 Å². The number of nitrogens with zero attached hydrogens (tertiary/aromatic N) is 1. The van der Waals surface area contributed by atoms with Crippen molar-refractivity contribution in [2.24, 2.45) is 10.4 Å². The second-order valence-corrected chi connectivity index (χ2v) is 7.14. The van der Waals surface area contributed by atoms with Gasteiger partial charge in [-0.05, 0) is 49.7 Å². The van der Waals surface area contributed by atoms with Crippen molar-refractivity contribution in [1.29, 1.82) is 0 Å². The number of benzene rings is 1. The Bertz CT molecular complexity index is 587. The van der Waals surface area contributed by atoms with Crippen molar-refractivity contribution < 1.29 is 13.9 Å². The maximum Gasteiger partial charge on any atom is 0.191 e. The minimum atomic E-state index is -0.559. The Labute approximate surface area is 178 Å². The summed E-state index contributed by atoms with van der Waals surface area (Å²) in [5, 5.41) is 15.9. The number of hydrogen-bond donors (Lipinski definition) is 3. The van der Waals surface area contributed by atoms with Crippen LogP contribution >= 0.6 is 24.0 Å². The predicted octanol–water partition coefficient (Wildman–Crippen LogP) is 4.01. The first-order valence-electron chi connectivity index (χ1n) is 9.65. The monoisotopic (exact) mass is 495 g/mol. The van der Waals surface area contributed by atoms with Crippen LogP contribution in [0.15, 0.2) is 23.2 Å². The normalized spacial score (nSPS) is 16.5. The van der Waals surface area contributed by atoms with Gasteiger partial charge in [0.1, 0.15) is 11.6 Å². The number of halogens is 3. The Kier molecular flexibility index (Phi) is 11.1. The fraction of sp³-hybridized carbons (Fsp3) is 0.650. The molecular weight excluding hydrogens is 463 g/mol. The summed E-state index contributed by atoms with van der Waals surface area (Å²) in [6.45, 7) is 4.14. The SMILES string of the molecule is CCNC(=NCC1(CCO)CCCCC1)NCCc1ccc(F)cc1F.I. The molecule has 154 valence electrons. The van der Waals surface area contributed by atoms with E-state index >= 15 is 0 Å². The maximum atomic E-state index is 13.7. The van der Waals surface area contributed by atoms with E-state index in [1.807, 2.05) is 6.92 Å². The van der Waals surface area contributed by atoms with Crippen molar-refractivity contribution in [2.75, 3.05) is 26.2 Å². The zero-order valence-corrected chi connectivity index (χ0v) is 18.4. The minimum Gasteiger partial charge on any atom is -0.396 e. The average Bonchev–Trinajstić information content (AvgIpc) is 2.62. The molecule has 0 saturated heterocycles. The summed E-state index contributed by atoms with van der Waals surface area (Å²) in [6.07, 6.45) is 7.12. The van der Waals surface area contributed by atoms with Gasteiger partial charge in [-0.15, -0.1) is 24.0 Å². The Morgan fingerprint density at radius 2 is 1.93 bits per heavy atom. The highest BCUT2D eigenvalue weighted by atomic mass is 127. The van der Waals surface area contributed by atoms with Gasteiger partial charge in [-0.25, -0.2) is 8.78 Å². The van der Waals surface area contributed by atoms with Gasteiger partial charge in [0.2, 0.25) is 0 Å². The lowest BCUT2D eigenvalue weighted by Crippen LogP contribution is -2.40. The van der Waals surface area contributed by atoms with Gasteiger partial charge in [-0.3, -0.25) is 4.99 Å². The lowest BCUT2D eigenvalue weighted by molar-refractivity contribution is 0.137. The third-order valence-electron chi connectivity index (χ3n) is 5.18. The van der Waals surface area contributed by atoms with Gasteiger partial charge in [-0.2, -0.15) is 0 Å². The van der Waals surface area contributed by atoms with Gasteiger partial charge < -0.3 is 15.7 Å². The summed E-state index contributed by atoms with van der Waals surface area (Å²) in [4.78, 5) is 4.73. The number of nitrogens with one attached hydrogen (secondary N) is 2. The van der Waals surface area contributed by atoms with Crippen molar-refractivity contribution >= 4 is 29.9 Å². The Morgan fingerprint density at radius 3 is 2.56 bits per heavy atom. The molecular formula is C20H32F2IN3O. The fourth-order valence-electron chi connectivity index (χ4n) is 3.65. The highest BCUT2D eigenvalue weighted by molar-refractivity contribution is 14.0. The second kappa shape index (κ2) is 12.5. The van der Waals surface area contributed by atoms with Gasteiger partial charge >= 0.3 is 0 Å². The molecule has 2 rings (SSSR count). The number of hydrogen-bond acceptors (Lipinski definition) is 2. The lowest BCUT2D eigenvalue weighted by Gasteiger charge is -2.35. The molecule has 0 aliphatic heterocycles. The third kappa shape index (κ3) is 7.89. The first-order chi connectivity index (χ1) is 12.6. The molecule has 0 amide bonds. The van der Waals surface area contributed by atoms with Crippen molar-refractivity contribution in [3.8, 4) is 0 Å². The number of guanidine groups is 1. The van der Waals surface area contributed by atoms with Crippen LogP contribution in [0, 0.1) is 17.0 Å². The fourth-order valence-corrected chi connectivity index (χ4v) is 3.65. The van der Waals surface area contributed by atoms with Crippen molar-refractivity contribution in [2.45, 2.75) is 51.9 Å². The van der Waals surface area contributed by atoms with Crippen LogP contribution in [0.25, 0.3) is 0 Å². The highest BCUT2D eigenvalue weighted by Crippen LogP contribution is 2.39. The molecule has 3 N–H and O–H groups in total. The first-order valence-corrected chi connectivity index (χ1v) is 9.65. The number of aliphatic hydroxyl groups is 1. The predicted molar refractivity (Wildman–Crippen MR) is 117 cm³/mol. The van der Waals surface area contributed by atoms with Crippen LogP contribution in [0.4, 0.5) is 8.78 Å². The molecule has 0 radical (unpaired) electrons. The Balaban J connectivity index is 0.00000364. The van der Waals surface area contributed by atoms with Crippen LogP contribution in [-0.2, 0) is 6.42 Å². The summed E-state index contributed by atoms with van der Waals surface area (Å²) < 4.78 is 26.7. The van der Waals surface area contributed by atoms with Crippen LogP contribution in [0.5, 0.6) is 0 Å². The molecule has 1 aromatic carbocycles. The topological polar surface area (TPSA) is 56.7 Å². The van der Waals surface area contributed by atoms with Crippen molar-refractivity contribution in [3.05, 3.63) is 35.4 Å². The van der Waals surface area contributed by atoms with Crippen LogP contribution in [0.3, 0.4) is 0 Å². The third-order valence-corrected chi connectivity index (χ3v) is 5.18. The zero-order valence-electron chi connectivity index (χ0n) is 16.1. The molecule has 27 heavy (non-hydrogen) atoms. The molecule has 0 heterocycles.